The molecule has 0 amide bonds. The zero-order valence-corrected chi connectivity index (χ0v) is 11.6. The third-order valence-corrected chi connectivity index (χ3v) is 5.38. The summed E-state index contributed by atoms with van der Waals surface area (Å²) in [5.74, 6) is 2.61. The number of nitrogens with two attached hydrogens (primary N) is 1. The van der Waals surface area contributed by atoms with Gasteiger partial charge in [0.05, 0.1) is 12.6 Å². The lowest BCUT2D eigenvalue weighted by Gasteiger charge is -2.39. The monoisotopic (exact) mass is 249 g/mol. The Morgan fingerprint density at radius 2 is 1.72 bits per heavy atom. The molecule has 1 heterocycles. The van der Waals surface area contributed by atoms with Crippen LogP contribution in [0.4, 0.5) is 0 Å². The quantitative estimate of drug-likeness (QED) is 0.817. The van der Waals surface area contributed by atoms with Gasteiger partial charge in [-0.1, -0.05) is 32.6 Å². The maximum Gasteiger partial charge on any atom is 0.191 e. The van der Waals surface area contributed by atoms with Crippen LogP contribution in [0.3, 0.4) is 0 Å². The van der Waals surface area contributed by atoms with E-state index in [1.807, 2.05) is 0 Å². The van der Waals surface area contributed by atoms with Gasteiger partial charge in [0.15, 0.2) is 5.96 Å². The first-order valence-electron chi connectivity index (χ1n) is 7.84. The molecule has 3 heteroatoms. The second-order valence-corrected chi connectivity index (χ2v) is 6.63. The highest BCUT2D eigenvalue weighted by molar-refractivity contribution is 5.80. The molecule has 1 aliphatic heterocycles. The average molecular weight is 249 g/mol. The Bertz CT molecular complexity index is 312. The van der Waals surface area contributed by atoms with Crippen molar-refractivity contribution in [3.8, 4) is 0 Å². The van der Waals surface area contributed by atoms with Crippen LogP contribution in [0.5, 0.6) is 0 Å². The fourth-order valence-electron chi connectivity index (χ4n) is 4.21. The predicted molar refractivity (Wildman–Crippen MR) is 75.5 cm³/mol. The van der Waals surface area contributed by atoms with Crippen LogP contribution >= 0.6 is 0 Å². The smallest absolute Gasteiger partial charge is 0.191 e. The largest absolute Gasteiger partial charge is 0.370 e. The summed E-state index contributed by atoms with van der Waals surface area (Å²) < 4.78 is 0. The van der Waals surface area contributed by atoms with Crippen molar-refractivity contribution in [2.24, 2.45) is 22.6 Å². The second-order valence-electron chi connectivity index (χ2n) is 6.63. The molecule has 3 nitrogen and oxygen atoms in total. The second kappa shape index (κ2) is 5.10. The number of aliphatic imine (C=N–C) groups is 1. The maximum absolute atomic E-state index is 6.16. The van der Waals surface area contributed by atoms with Gasteiger partial charge in [-0.25, -0.2) is 0 Å². The first-order valence-corrected chi connectivity index (χ1v) is 7.84. The predicted octanol–water partition coefficient (Wildman–Crippen LogP) is 2.75. The van der Waals surface area contributed by atoms with E-state index in [4.69, 9.17) is 5.73 Å². The van der Waals surface area contributed by atoms with Crippen LogP contribution in [0.25, 0.3) is 0 Å². The Hall–Kier alpha value is -0.730. The first kappa shape index (κ1) is 12.3. The van der Waals surface area contributed by atoms with Gasteiger partial charge in [-0.3, -0.25) is 4.99 Å². The van der Waals surface area contributed by atoms with E-state index < -0.39 is 0 Å². The molecule has 1 unspecified atom stereocenters. The highest BCUT2D eigenvalue weighted by Gasteiger charge is 2.38. The summed E-state index contributed by atoms with van der Waals surface area (Å²) in [6.45, 7) is 3.35. The molecule has 2 aliphatic carbocycles. The minimum absolute atomic E-state index is 0.626. The van der Waals surface area contributed by atoms with Crippen molar-refractivity contribution in [3.05, 3.63) is 0 Å². The number of hydrogen-bond acceptors (Lipinski definition) is 3. The topological polar surface area (TPSA) is 41.6 Å². The molecule has 0 aromatic heterocycles. The summed E-state index contributed by atoms with van der Waals surface area (Å²) in [4.78, 5) is 7.07. The Morgan fingerprint density at radius 1 is 1.06 bits per heavy atom. The van der Waals surface area contributed by atoms with E-state index in [2.05, 4.69) is 16.8 Å². The summed E-state index contributed by atoms with van der Waals surface area (Å²) in [5, 5.41) is 0. The Morgan fingerprint density at radius 3 is 2.39 bits per heavy atom. The fraction of sp³-hybridized carbons (Fsp3) is 0.933. The van der Waals surface area contributed by atoms with Crippen molar-refractivity contribution in [2.45, 2.75) is 70.4 Å². The lowest BCUT2D eigenvalue weighted by atomic mass is 9.78. The molecule has 2 fully saturated rings. The van der Waals surface area contributed by atoms with Crippen LogP contribution in [-0.2, 0) is 0 Å². The molecule has 0 saturated heterocycles. The van der Waals surface area contributed by atoms with Crippen molar-refractivity contribution in [1.29, 1.82) is 0 Å². The standard InChI is InChI=1S/C15H27N3/c1-11-6-8-12(9-7-11)14-10-17-15(16)18(14)13-4-2-3-5-13/h11-14H,2-10H2,1H3,(H2,16,17). The summed E-state index contributed by atoms with van der Waals surface area (Å²) in [5.41, 5.74) is 6.16. The van der Waals surface area contributed by atoms with Gasteiger partial charge in [-0.05, 0) is 37.5 Å². The van der Waals surface area contributed by atoms with Crippen LogP contribution in [0, 0.1) is 11.8 Å². The molecule has 2 saturated carbocycles. The van der Waals surface area contributed by atoms with Gasteiger partial charge in [0.25, 0.3) is 0 Å². The van der Waals surface area contributed by atoms with Crippen LogP contribution in [-0.4, -0.2) is 29.5 Å². The third kappa shape index (κ3) is 2.24. The third-order valence-electron chi connectivity index (χ3n) is 5.38. The molecule has 2 N–H and O–H groups in total. The number of nitrogens with zero attached hydrogens (tertiary/aromatic N) is 2. The van der Waals surface area contributed by atoms with Crippen molar-refractivity contribution in [1.82, 2.24) is 4.90 Å². The summed E-state index contributed by atoms with van der Waals surface area (Å²) in [7, 11) is 0. The normalized spacial score (nSPS) is 38.2. The van der Waals surface area contributed by atoms with E-state index in [-0.39, 0.29) is 0 Å². The van der Waals surface area contributed by atoms with Crippen LogP contribution < -0.4 is 5.73 Å². The number of hydrogen-bond donors (Lipinski definition) is 1. The summed E-state index contributed by atoms with van der Waals surface area (Å²) in [6.07, 6.45) is 11.0. The lowest BCUT2D eigenvalue weighted by Crippen LogP contribution is -2.50. The SMILES string of the molecule is CC1CCC(C2CN=C(N)N2C2CCCC2)CC1. The van der Waals surface area contributed by atoms with Crippen molar-refractivity contribution in [3.63, 3.8) is 0 Å². The van der Waals surface area contributed by atoms with E-state index in [1.165, 1.54) is 51.4 Å². The van der Waals surface area contributed by atoms with E-state index in [1.54, 1.807) is 0 Å². The van der Waals surface area contributed by atoms with Crippen molar-refractivity contribution >= 4 is 5.96 Å². The van der Waals surface area contributed by atoms with Gasteiger partial charge in [-0.2, -0.15) is 0 Å². The summed E-state index contributed by atoms with van der Waals surface area (Å²) in [6, 6.07) is 1.32. The molecule has 0 aromatic rings. The van der Waals surface area contributed by atoms with E-state index in [9.17, 15) is 0 Å². The zero-order chi connectivity index (χ0) is 12.5. The van der Waals surface area contributed by atoms with Gasteiger partial charge in [0, 0.05) is 6.04 Å². The van der Waals surface area contributed by atoms with Gasteiger partial charge in [0.2, 0.25) is 0 Å². The van der Waals surface area contributed by atoms with Crippen molar-refractivity contribution < 1.29 is 0 Å². The minimum atomic E-state index is 0.626. The van der Waals surface area contributed by atoms with Gasteiger partial charge < -0.3 is 10.6 Å². The highest BCUT2D eigenvalue weighted by atomic mass is 15.3. The van der Waals surface area contributed by atoms with Crippen LogP contribution in [0.2, 0.25) is 0 Å². The fourth-order valence-corrected chi connectivity index (χ4v) is 4.21. The average Bonchev–Trinajstić information content (AvgIpc) is 2.99. The Balaban J connectivity index is 1.67. The molecular weight excluding hydrogens is 222 g/mol. The molecule has 0 spiro atoms. The summed E-state index contributed by atoms with van der Waals surface area (Å²) >= 11 is 0. The van der Waals surface area contributed by atoms with E-state index in [0.29, 0.717) is 12.1 Å². The van der Waals surface area contributed by atoms with Crippen LogP contribution in [0.1, 0.15) is 58.3 Å². The van der Waals surface area contributed by atoms with Gasteiger partial charge >= 0.3 is 0 Å². The highest BCUT2D eigenvalue weighted by Crippen LogP contribution is 2.36. The van der Waals surface area contributed by atoms with Gasteiger partial charge in [-0.15, -0.1) is 0 Å². The Kier molecular flexibility index (Phi) is 3.49. The Labute approximate surface area is 111 Å². The number of guanidine groups is 1. The zero-order valence-electron chi connectivity index (χ0n) is 11.6. The molecule has 102 valence electrons. The van der Waals surface area contributed by atoms with Crippen LogP contribution in [0.15, 0.2) is 4.99 Å². The van der Waals surface area contributed by atoms with Crippen molar-refractivity contribution in [2.75, 3.05) is 6.54 Å². The minimum Gasteiger partial charge on any atom is -0.370 e. The molecule has 18 heavy (non-hydrogen) atoms. The van der Waals surface area contributed by atoms with E-state index >= 15 is 0 Å². The maximum atomic E-state index is 6.16. The molecule has 1 atom stereocenters. The molecule has 0 radical (unpaired) electrons. The molecule has 0 aromatic carbocycles. The molecule has 3 aliphatic rings. The number of rotatable bonds is 2. The van der Waals surface area contributed by atoms with Gasteiger partial charge in [0.1, 0.15) is 0 Å². The molecule has 3 rings (SSSR count). The van der Waals surface area contributed by atoms with E-state index in [0.717, 1.165) is 24.3 Å². The molecule has 0 bridgehead atoms. The molecular formula is C15H27N3. The lowest BCUT2D eigenvalue weighted by molar-refractivity contribution is 0.150. The first-order chi connectivity index (χ1) is 8.75.